The van der Waals surface area contributed by atoms with Crippen LogP contribution in [0.25, 0.3) is 0 Å². The van der Waals surface area contributed by atoms with Gasteiger partial charge in [0.1, 0.15) is 11.4 Å². The van der Waals surface area contributed by atoms with Crippen LogP contribution in [0.5, 0.6) is 0 Å². The summed E-state index contributed by atoms with van der Waals surface area (Å²) in [5.74, 6) is 2.99. The Hall–Kier alpha value is -1.68. The predicted molar refractivity (Wildman–Crippen MR) is 113 cm³/mol. The fraction of sp³-hybridized carbons (Fsp3) is 0.680. The van der Waals surface area contributed by atoms with E-state index < -0.39 is 5.60 Å². The van der Waals surface area contributed by atoms with Gasteiger partial charge in [-0.1, -0.05) is 25.5 Å². The third kappa shape index (κ3) is 2.54. The first-order valence-corrected chi connectivity index (χ1v) is 11.3. The van der Waals surface area contributed by atoms with Gasteiger partial charge in [0.25, 0.3) is 0 Å². The van der Waals surface area contributed by atoms with E-state index in [1.165, 1.54) is 24.0 Å². The van der Waals surface area contributed by atoms with Crippen LogP contribution in [-0.2, 0) is 17.4 Å². The number of fused-ring (bicyclic) bond motifs is 5. The van der Waals surface area contributed by atoms with Gasteiger partial charge in [0.05, 0.1) is 0 Å². The minimum atomic E-state index is -1.03. The number of rotatable bonds is 2. The van der Waals surface area contributed by atoms with Crippen molar-refractivity contribution in [3.05, 3.63) is 41.5 Å². The third-order valence-electron chi connectivity index (χ3n) is 9.32. The van der Waals surface area contributed by atoms with E-state index in [-0.39, 0.29) is 10.8 Å². The van der Waals surface area contributed by atoms with Crippen molar-refractivity contribution in [3.8, 4) is 0 Å². The number of hydrogen-bond donors (Lipinski definition) is 1. The molecule has 4 heteroatoms. The number of aryl methyl sites for hydroxylation is 1. The molecule has 4 aliphatic carbocycles. The van der Waals surface area contributed by atoms with E-state index >= 15 is 0 Å². The number of carbonyl (C=O) groups is 1. The van der Waals surface area contributed by atoms with Crippen molar-refractivity contribution in [2.24, 2.45) is 35.6 Å². The maximum atomic E-state index is 12.0. The molecule has 0 spiro atoms. The molecule has 5 rings (SSSR count). The number of ketones is 1. The lowest BCUT2D eigenvalue weighted by molar-refractivity contribution is -0.117. The summed E-state index contributed by atoms with van der Waals surface area (Å²) in [6.07, 6.45) is 15.4. The highest BCUT2D eigenvalue weighted by atomic mass is 16.3. The Morgan fingerprint density at radius 2 is 1.97 bits per heavy atom. The molecule has 156 valence electrons. The molecule has 4 aliphatic rings. The van der Waals surface area contributed by atoms with Gasteiger partial charge in [0, 0.05) is 25.9 Å². The number of aliphatic hydroxyl groups is 1. The second kappa shape index (κ2) is 6.16. The zero-order valence-electron chi connectivity index (χ0n) is 18.2. The molecule has 6 atom stereocenters. The van der Waals surface area contributed by atoms with E-state index in [9.17, 15) is 9.90 Å². The third-order valence-corrected chi connectivity index (χ3v) is 9.32. The van der Waals surface area contributed by atoms with Gasteiger partial charge in [-0.3, -0.25) is 4.79 Å². The van der Waals surface area contributed by atoms with E-state index in [1.807, 2.05) is 30.8 Å². The summed E-state index contributed by atoms with van der Waals surface area (Å²) in [6, 6.07) is 0. The standard InChI is InChI=1S/C25H34N2O2/c1-23-11-9-17(28)15-16(23)5-6-18-19-7-8-21(24(19,2)12-10-20(18)23)25(3,29)22-26-13-14-27(22)4/h8,13-15,18-20,29H,5-7,9-12H2,1-4H3/t18-,19-,20-,23-,24-,25?/m0/s1. The molecule has 0 saturated heterocycles. The largest absolute Gasteiger partial charge is 0.378 e. The van der Waals surface area contributed by atoms with Crippen LogP contribution in [0.3, 0.4) is 0 Å². The molecule has 0 aromatic carbocycles. The summed E-state index contributed by atoms with van der Waals surface area (Å²) in [7, 11) is 1.96. The van der Waals surface area contributed by atoms with Crippen LogP contribution in [-0.4, -0.2) is 20.4 Å². The zero-order valence-corrected chi connectivity index (χ0v) is 18.2. The van der Waals surface area contributed by atoms with Crippen molar-refractivity contribution < 1.29 is 9.90 Å². The van der Waals surface area contributed by atoms with E-state index in [2.05, 4.69) is 24.9 Å². The topological polar surface area (TPSA) is 55.1 Å². The van der Waals surface area contributed by atoms with Crippen LogP contribution in [0, 0.1) is 28.6 Å². The molecule has 1 N–H and O–H groups in total. The van der Waals surface area contributed by atoms with Gasteiger partial charge in [-0.05, 0) is 85.7 Å². The van der Waals surface area contributed by atoms with E-state index in [4.69, 9.17) is 0 Å². The molecular formula is C25H34N2O2. The number of nitrogens with zero attached hydrogens (tertiary/aromatic N) is 2. The Morgan fingerprint density at radius 3 is 2.69 bits per heavy atom. The molecule has 0 amide bonds. The fourth-order valence-corrected chi connectivity index (χ4v) is 7.84. The Bertz CT molecular complexity index is 923. The number of allylic oxidation sites excluding steroid dienone is 3. The van der Waals surface area contributed by atoms with Gasteiger partial charge in [-0.25, -0.2) is 4.98 Å². The maximum Gasteiger partial charge on any atom is 0.155 e. The Morgan fingerprint density at radius 1 is 1.17 bits per heavy atom. The quantitative estimate of drug-likeness (QED) is 0.740. The molecular weight excluding hydrogens is 360 g/mol. The first kappa shape index (κ1) is 19.3. The summed E-state index contributed by atoms with van der Waals surface area (Å²) in [4.78, 5) is 16.5. The summed E-state index contributed by atoms with van der Waals surface area (Å²) >= 11 is 0. The van der Waals surface area contributed by atoms with Gasteiger partial charge < -0.3 is 9.67 Å². The minimum Gasteiger partial charge on any atom is -0.378 e. The molecule has 1 heterocycles. The fourth-order valence-electron chi connectivity index (χ4n) is 7.84. The number of carbonyl (C=O) groups excluding carboxylic acids is 1. The molecule has 2 fully saturated rings. The summed E-state index contributed by atoms with van der Waals surface area (Å²) < 4.78 is 1.95. The average molecular weight is 395 g/mol. The zero-order chi connectivity index (χ0) is 20.6. The average Bonchev–Trinajstić information content (AvgIpc) is 3.25. The summed E-state index contributed by atoms with van der Waals surface area (Å²) in [5.41, 5.74) is 1.79. The number of hydrogen-bond acceptors (Lipinski definition) is 3. The highest BCUT2D eigenvalue weighted by Crippen LogP contribution is 2.66. The molecule has 29 heavy (non-hydrogen) atoms. The molecule has 0 bridgehead atoms. The van der Waals surface area contributed by atoms with Crippen LogP contribution in [0.15, 0.2) is 35.7 Å². The van der Waals surface area contributed by atoms with Gasteiger partial charge in [0.15, 0.2) is 5.78 Å². The predicted octanol–water partition coefficient (Wildman–Crippen LogP) is 4.70. The van der Waals surface area contributed by atoms with Crippen molar-refractivity contribution in [1.29, 1.82) is 0 Å². The monoisotopic (exact) mass is 394 g/mol. The van der Waals surface area contributed by atoms with E-state index in [0.717, 1.165) is 31.5 Å². The Labute approximate surface area is 174 Å². The van der Waals surface area contributed by atoms with Crippen LogP contribution in [0.4, 0.5) is 0 Å². The molecule has 4 nitrogen and oxygen atoms in total. The first-order chi connectivity index (χ1) is 13.7. The SMILES string of the molecule is Cn1ccnc1C(C)(O)C1=CC[C@H]2[C@@H]3CCC4=CC(=O)CC[C@]4(C)[C@H]3CC[C@]12C. The Kier molecular flexibility index (Phi) is 4.10. The summed E-state index contributed by atoms with van der Waals surface area (Å²) in [6.45, 7) is 6.75. The van der Waals surface area contributed by atoms with E-state index in [0.29, 0.717) is 30.0 Å². The normalized spacial score (nSPS) is 41.0. The van der Waals surface area contributed by atoms with Crippen molar-refractivity contribution >= 4 is 5.78 Å². The second-order valence-corrected chi connectivity index (χ2v) is 10.7. The highest BCUT2D eigenvalue weighted by Gasteiger charge is 2.59. The van der Waals surface area contributed by atoms with Gasteiger partial charge >= 0.3 is 0 Å². The molecule has 0 radical (unpaired) electrons. The van der Waals surface area contributed by atoms with Crippen LogP contribution in [0.1, 0.15) is 71.5 Å². The van der Waals surface area contributed by atoms with Gasteiger partial charge in [0.2, 0.25) is 0 Å². The van der Waals surface area contributed by atoms with Crippen molar-refractivity contribution in [2.75, 3.05) is 0 Å². The molecule has 1 aromatic heterocycles. The first-order valence-electron chi connectivity index (χ1n) is 11.3. The van der Waals surface area contributed by atoms with Crippen molar-refractivity contribution in [2.45, 2.75) is 71.3 Å². The molecule has 2 saturated carbocycles. The van der Waals surface area contributed by atoms with Crippen molar-refractivity contribution in [3.63, 3.8) is 0 Å². The summed E-state index contributed by atoms with van der Waals surface area (Å²) in [5, 5.41) is 11.6. The van der Waals surface area contributed by atoms with Crippen LogP contribution >= 0.6 is 0 Å². The number of imidazole rings is 1. The smallest absolute Gasteiger partial charge is 0.155 e. The number of aromatic nitrogens is 2. The lowest BCUT2D eigenvalue weighted by Gasteiger charge is -2.58. The lowest BCUT2D eigenvalue weighted by Crippen LogP contribution is -2.51. The maximum absolute atomic E-state index is 12.0. The van der Waals surface area contributed by atoms with Crippen LogP contribution < -0.4 is 0 Å². The van der Waals surface area contributed by atoms with Gasteiger partial charge in [-0.15, -0.1) is 0 Å². The lowest BCUT2D eigenvalue weighted by atomic mass is 9.46. The molecule has 1 unspecified atom stereocenters. The van der Waals surface area contributed by atoms with Crippen molar-refractivity contribution in [1.82, 2.24) is 9.55 Å². The van der Waals surface area contributed by atoms with Gasteiger partial charge in [-0.2, -0.15) is 0 Å². The second-order valence-electron chi connectivity index (χ2n) is 10.7. The van der Waals surface area contributed by atoms with E-state index in [1.54, 1.807) is 6.20 Å². The Balaban J connectivity index is 1.48. The highest BCUT2D eigenvalue weighted by molar-refractivity contribution is 5.91. The molecule has 0 aliphatic heterocycles. The van der Waals surface area contributed by atoms with Crippen LogP contribution in [0.2, 0.25) is 0 Å². The molecule has 1 aromatic rings. The minimum absolute atomic E-state index is 0.0265.